The number of nitrogens with zero attached hydrogens (tertiary/aromatic N) is 2. The van der Waals surface area contributed by atoms with E-state index in [1.54, 1.807) is 21.3 Å². The molecule has 0 spiro atoms. The third kappa shape index (κ3) is 5.09. The largest absolute Gasteiger partial charge is 0.493 e. The third-order valence-corrected chi connectivity index (χ3v) is 6.91. The topological polar surface area (TPSA) is 122 Å². The molecule has 1 heterocycles. The van der Waals surface area contributed by atoms with Crippen molar-refractivity contribution in [3.05, 3.63) is 76.0 Å². The van der Waals surface area contributed by atoms with Gasteiger partial charge in [-0.15, -0.1) is 11.3 Å². The number of carbonyl (C=O) groups excluding carboxylic acids is 1. The van der Waals surface area contributed by atoms with Gasteiger partial charge in [0.05, 0.1) is 38.9 Å². The van der Waals surface area contributed by atoms with Crippen LogP contribution in [0.4, 0.5) is 11.4 Å². The molecule has 0 bridgehead atoms. The minimum atomic E-state index is -0.586. The fraction of sp³-hybridized carbons (Fsp3) is 0.185. The summed E-state index contributed by atoms with van der Waals surface area (Å²) in [5, 5.41) is 15.1. The van der Waals surface area contributed by atoms with Gasteiger partial charge in [-0.1, -0.05) is 0 Å². The number of ether oxygens (including phenoxy) is 4. The molecule has 4 rings (SSSR count). The minimum absolute atomic E-state index is 0.0919. The van der Waals surface area contributed by atoms with E-state index >= 15 is 0 Å². The van der Waals surface area contributed by atoms with Crippen LogP contribution < -0.4 is 24.3 Å². The molecule has 196 valence electrons. The number of hydrogen-bond acceptors (Lipinski definition) is 10. The molecule has 1 aromatic heterocycles. The van der Waals surface area contributed by atoms with Gasteiger partial charge >= 0.3 is 5.69 Å². The molecule has 1 N–H and O–H groups in total. The second-order valence-electron chi connectivity index (χ2n) is 8.03. The van der Waals surface area contributed by atoms with Gasteiger partial charge in [-0.25, -0.2) is 4.98 Å². The summed E-state index contributed by atoms with van der Waals surface area (Å²) in [6, 6.07) is 11.7. The van der Waals surface area contributed by atoms with Crippen LogP contribution in [0.1, 0.15) is 15.9 Å². The lowest BCUT2D eigenvalue weighted by Gasteiger charge is -2.11. The molecule has 0 saturated carbocycles. The molecule has 0 aliphatic carbocycles. The molecular formula is C27H25N3O7S. The van der Waals surface area contributed by atoms with Crippen LogP contribution >= 0.6 is 11.3 Å². The van der Waals surface area contributed by atoms with Gasteiger partial charge in [-0.2, -0.15) is 0 Å². The van der Waals surface area contributed by atoms with Crippen LogP contribution in [0.5, 0.6) is 23.0 Å². The van der Waals surface area contributed by atoms with E-state index in [4.69, 9.17) is 23.9 Å². The number of hydrogen-bond donors (Lipinski definition) is 1. The zero-order valence-electron chi connectivity index (χ0n) is 21.4. The molecule has 3 aromatic carbocycles. The summed E-state index contributed by atoms with van der Waals surface area (Å²) >= 11 is 1.48. The Morgan fingerprint density at radius 1 is 0.974 bits per heavy atom. The number of nitrogens with one attached hydrogen (secondary N) is 1. The fourth-order valence-corrected chi connectivity index (χ4v) is 4.96. The van der Waals surface area contributed by atoms with Gasteiger partial charge in [0.25, 0.3) is 0 Å². The first-order valence-corrected chi connectivity index (χ1v) is 12.1. The predicted octanol–water partition coefficient (Wildman–Crippen LogP) is 6.02. The number of allylic oxidation sites excluding steroid dienone is 1. The number of anilines is 1. The fourth-order valence-electron chi connectivity index (χ4n) is 3.90. The summed E-state index contributed by atoms with van der Waals surface area (Å²) in [4.78, 5) is 27.9. The van der Waals surface area contributed by atoms with Gasteiger partial charge < -0.3 is 24.3 Å². The average Bonchev–Trinajstić information content (AvgIpc) is 3.36. The van der Waals surface area contributed by atoms with E-state index in [1.165, 1.54) is 48.9 Å². The first-order chi connectivity index (χ1) is 18.3. The number of nitro benzene ring substituents is 1. The number of thiazole rings is 1. The highest BCUT2D eigenvalue weighted by atomic mass is 32.1. The Kier molecular flexibility index (Phi) is 7.77. The third-order valence-electron chi connectivity index (χ3n) is 5.79. The molecule has 0 amide bonds. The van der Waals surface area contributed by atoms with Crippen molar-refractivity contribution in [2.75, 3.05) is 33.8 Å². The van der Waals surface area contributed by atoms with Crippen molar-refractivity contribution in [2.24, 2.45) is 0 Å². The Hall–Kier alpha value is -4.64. The van der Waals surface area contributed by atoms with Gasteiger partial charge in [0.2, 0.25) is 5.75 Å². The zero-order chi connectivity index (χ0) is 27.4. The summed E-state index contributed by atoms with van der Waals surface area (Å²) in [7, 11) is 6.04. The van der Waals surface area contributed by atoms with Crippen LogP contribution in [0.3, 0.4) is 0 Å². The van der Waals surface area contributed by atoms with Crippen molar-refractivity contribution in [3.63, 3.8) is 0 Å². The Morgan fingerprint density at radius 3 is 2.34 bits per heavy atom. The zero-order valence-corrected chi connectivity index (χ0v) is 22.2. The lowest BCUT2D eigenvalue weighted by molar-refractivity contribution is -0.385. The molecule has 4 aromatic rings. The van der Waals surface area contributed by atoms with Crippen molar-refractivity contribution in [2.45, 2.75) is 6.92 Å². The molecule has 10 nitrogen and oxygen atoms in total. The summed E-state index contributed by atoms with van der Waals surface area (Å²) in [5.41, 5.74) is 3.29. The van der Waals surface area contributed by atoms with E-state index in [-0.39, 0.29) is 22.8 Å². The number of rotatable bonds is 10. The quantitative estimate of drug-likeness (QED) is 0.112. The summed E-state index contributed by atoms with van der Waals surface area (Å²) < 4.78 is 22.3. The molecule has 0 aliphatic heterocycles. The summed E-state index contributed by atoms with van der Waals surface area (Å²) in [6.07, 6.45) is 2.82. The number of benzene rings is 3. The summed E-state index contributed by atoms with van der Waals surface area (Å²) in [5.74, 6) is 1.33. The summed E-state index contributed by atoms with van der Waals surface area (Å²) in [6.45, 7) is 1.94. The maximum absolute atomic E-state index is 12.5. The first kappa shape index (κ1) is 26.4. The SMILES string of the molecule is COc1ccc(C(=O)/C=C\Nc2ccc(-c3nc4cc(OC)c(OC)c(OC)c4s3)cc2C)cc1[N+](=O)[O-]. The van der Waals surface area contributed by atoms with Crippen LogP contribution in [-0.4, -0.2) is 44.1 Å². The Labute approximate surface area is 222 Å². The van der Waals surface area contributed by atoms with E-state index in [9.17, 15) is 14.9 Å². The highest BCUT2D eigenvalue weighted by molar-refractivity contribution is 7.22. The van der Waals surface area contributed by atoms with Crippen LogP contribution in [0, 0.1) is 17.0 Å². The number of nitro groups is 1. The molecule has 0 unspecified atom stereocenters. The van der Waals surface area contributed by atoms with Crippen molar-refractivity contribution < 1.29 is 28.7 Å². The molecule has 0 saturated heterocycles. The Morgan fingerprint density at radius 2 is 1.71 bits per heavy atom. The molecule has 0 atom stereocenters. The van der Waals surface area contributed by atoms with Crippen molar-refractivity contribution in [1.29, 1.82) is 0 Å². The second kappa shape index (κ2) is 11.2. The van der Waals surface area contributed by atoms with Crippen LogP contribution in [-0.2, 0) is 0 Å². The standard InChI is InChI=1S/C27H25N3O7S/c1-15-12-17(27-29-19-14-23(35-3)24(36-4)25(37-5)26(19)38-27)6-8-18(15)28-11-10-21(31)16-7-9-22(34-2)20(13-16)30(32)33/h6-14,28H,1-5H3/b11-10-. The molecule has 0 aliphatic rings. The monoisotopic (exact) mass is 535 g/mol. The van der Waals surface area contributed by atoms with E-state index in [2.05, 4.69) is 5.32 Å². The molecule has 38 heavy (non-hydrogen) atoms. The second-order valence-corrected chi connectivity index (χ2v) is 9.03. The molecule has 0 fully saturated rings. The van der Waals surface area contributed by atoms with Crippen LogP contribution in [0.25, 0.3) is 20.8 Å². The number of aryl methyl sites for hydroxylation is 1. The van der Waals surface area contributed by atoms with Gasteiger partial charge in [0.15, 0.2) is 23.0 Å². The smallest absolute Gasteiger partial charge is 0.311 e. The molecular weight excluding hydrogens is 510 g/mol. The van der Waals surface area contributed by atoms with Crippen LogP contribution in [0.15, 0.2) is 54.7 Å². The lowest BCUT2D eigenvalue weighted by Crippen LogP contribution is -2.00. The van der Waals surface area contributed by atoms with Crippen molar-refractivity contribution in [3.8, 4) is 33.6 Å². The van der Waals surface area contributed by atoms with Gasteiger partial charge in [0.1, 0.15) is 9.71 Å². The van der Waals surface area contributed by atoms with E-state index in [1.807, 2.05) is 31.2 Å². The normalized spacial score (nSPS) is 11.0. The first-order valence-electron chi connectivity index (χ1n) is 11.3. The number of aromatic nitrogens is 1. The van der Waals surface area contributed by atoms with Crippen molar-refractivity contribution in [1.82, 2.24) is 4.98 Å². The van der Waals surface area contributed by atoms with Crippen molar-refractivity contribution >= 4 is 38.7 Å². The van der Waals surface area contributed by atoms with Gasteiger partial charge in [-0.05, 0) is 42.8 Å². The van der Waals surface area contributed by atoms with E-state index < -0.39 is 4.92 Å². The highest BCUT2D eigenvalue weighted by Crippen LogP contribution is 2.47. The average molecular weight is 536 g/mol. The van der Waals surface area contributed by atoms with Gasteiger partial charge in [-0.3, -0.25) is 14.9 Å². The van der Waals surface area contributed by atoms with Gasteiger partial charge in [0, 0.05) is 41.2 Å². The maximum Gasteiger partial charge on any atom is 0.311 e. The molecule has 11 heteroatoms. The number of carbonyl (C=O) groups is 1. The number of fused-ring (bicyclic) bond motifs is 1. The molecule has 0 radical (unpaired) electrons. The van der Waals surface area contributed by atoms with E-state index in [0.29, 0.717) is 17.2 Å². The Bertz CT molecular complexity index is 1560. The Balaban J connectivity index is 1.55. The maximum atomic E-state index is 12.5. The predicted molar refractivity (Wildman–Crippen MR) is 146 cm³/mol. The van der Waals surface area contributed by atoms with Crippen LogP contribution in [0.2, 0.25) is 0 Å². The number of ketones is 1. The van der Waals surface area contributed by atoms with E-state index in [0.717, 1.165) is 32.0 Å². The minimum Gasteiger partial charge on any atom is -0.493 e. The highest BCUT2D eigenvalue weighted by Gasteiger charge is 2.20. The lowest BCUT2D eigenvalue weighted by atomic mass is 10.1. The number of methoxy groups -OCH3 is 4.